The van der Waals surface area contributed by atoms with Crippen LogP contribution in [0.2, 0.25) is 0 Å². The molecule has 0 atom stereocenters. The van der Waals surface area contributed by atoms with Crippen LogP contribution in [-0.4, -0.2) is 10.5 Å². The zero-order chi connectivity index (χ0) is 6.78. The summed E-state index contributed by atoms with van der Waals surface area (Å²) >= 11 is 4.30. The summed E-state index contributed by atoms with van der Waals surface area (Å²) in [5, 5.41) is 0. The third-order valence-corrected chi connectivity index (χ3v) is 0.475. The molecule has 0 aliphatic carbocycles. The summed E-state index contributed by atoms with van der Waals surface area (Å²) in [6.45, 7) is 5.32. The van der Waals surface area contributed by atoms with Crippen molar-refractivity contribution >= 4 is 4.87 Å². The SMILES string of the molecule is CC(C)(C)O[C](=O)[Cu]. The first kappa shape index (κ1) is 7.99. The Morgan fingerprint density at radius 3 is 1.88 bits per heavy atom. The van der Waals surface area contributed by atoms with Gasteiger partial charge in [0.05, 0.1) is 0 Å². The molecule has 52 valence electrons. The number of carbonyl (C=O) groups excluding carboxylic acids is 1. The van der Waals surface area contributed by atoms with E-state index < -0.39 is 10.5 Å². The monoisotopic (exact) mass is 164 g/mol. The van der Waals surface area contributed by atoms with E-state index in [1.54, 1.807) is 20.8 Å². The van der Waals surface area contributed by atoms with Gasteiger partial charge in [0.15, 0.2) is 0 Å². The van der Waals surface area contributed by atoms with Crippen molar-refractivity contribution in [3.8, 4) is 0 Å². The summed E-state index contributed by atoms with van der Waals surface area (Å²) in [4.78, 5) is 9.38. The second-order valence-corrected chi connectivity index (χ2v) is 2.81. The van der Waals surface area contributed by atoms with Crippen molar-refractivity contribution in [3.05, 3.63) is 0 Å². The van der Waals surface area contributed by atoms with E-state index in [-0.39, 0.29) is 0 Å². The van der Waals surface area contributed by atoms with E-state index >= 15 is 0 Å². The molecule has 0 fully saturated rings. The molecule has 0 bridgehead atoms. The van der Waals surface area contributed by atoms with Crippen molar-refractivity contribution in [2.45, 2.75) is 26.4 Å². The molecule has 0 N–H and O–H groups in total. The van der Waals surface area contributed by atoms with Gasteiger partial charge in [-0.25, -0.2) is 0 Å². The zero-order valence-corrected chi connectivity index (χ0v) is 6.06. The predicted octanol–water partition coefficient (Wildman–Crippen LogP) is 1.47. The fourth-order valence-electron chi connectivity index (χ4n) is 0.217. The van der Waals surface area contributed by atoms with E-state index in [0.717, 1.165) is 0 Å². The van der Waals surface area contributed by atoms with Crippen molar-refractivity contribution in [3.63, 3.8) is 0 Å². The van der Waals surface area contributed by atoms with Crippen LogP contribution in [0.4, 0.5) is 4.79 Å². The molecule has 0 saturated heterocycles. The van der Waals surface area contributed by atoms with Gasteiger partial charge in [0.1, 0.15) is 0 Å². The molecule has 2 nitrogen and oxygen atoms in total. The van der Waals surface area contributed by atoms with E-state index in [2.05, 4.69) is 20.7 Å². The van der Waals surface area contributed by atoms with Crippen LogP contribution in [0.3, 0.4) is 0 Å². The molecule has 3 heteroatoms. The van der Waals surface area contributed by atoms with Crippen LogP contribution in [0.15, 0.2) is 0 Å². The van der Waals surface area contributed by atoms with Gasteiger partial charge in [-0.1, -0.05) is 0 Å². The van der Waals surface area contributed by atoms with Crippen LogP contribution in [0, 0.1) is 0 Å². The molecule has 0 aliphatic heterocycles. The van der Waals surface area contributed by atoms with Gasteiger partial charge >= 0.3 is 56.8 Å². The van der Waals surface area contributed by atoms with Gasteiger partial charge < -0.3 is 0 Å². The summed E-state index contributed by atoms with van der Waals surface area (Å²) in [6.07, 6.45) is 0. The molecule has 8 heavy (non-hydrogen) atoms. The molecule has 0 amide bonds. The van der Waals surface area contributed by atoms with E-state index in [9.17, 15) is 4.79 Å². The topological polar surface area (TPSA) is 26.3 Å². The van der Waals surface area contributed by atoms with Crippen LogP contribution < -0.4 is 0 Å². The molecule has 0 saturated carbocycles. The van der Waals surface area contributed by atoms with E-state index in [4.69, 9.17) is 0 Å². The maximum atomic E-state index is 10.0. The Morgan fingerprint density at radius 1 is 1.50 bits per heavy atom. The van der Waals surface area contributed by atoms with Gasteiger partial charge in [0.2, 0.25) is 0 Å². The first-order valence-electron chi connectivity index (χ1n) is 2.26. The number of ether oxygens (including phenoxy) is 1. The molecule has 0 radical (unpaired) electrons. The summed E-state index contributed by atoms with van der Waals surface area (Å²) in [5.74, 6) is 0. The van der Waals surface area contributed by atoms with E-state index in [0.29, 0.717) is 0 Å². The molecule has 0 aliphatic rings. The molecular weight excluding hydrogens is 156 g/mol. The first-order valence-corrected chi connectivity index (χ1v) is 2.73. The van der Waals surface area contributed by atoms with Crippen molar-refractivity contribution in [1.82, 2.24) is 0 Å². The van der Waals surface area contributed by atoms with Gasteiger partial charge in [-0.05, 0) is 0 Å². The van der Waals surface area contributed by atoms with Crippen LogP contribution in [0.1, 0.15) is 20.8 Å². The van der Waals surface area contributed by atoms with Gasteiger partial charge in [-0.2, -0.15) is 0 Å². The Kier molecular flexibility index (Phi) is 2.51. The molecule has 0 aromatic rings. The normalized spacial score (nSPS) is 11.1. The Balaban J connectivity index is 3.55. The second kappa shape index (κ2) is 2.51. The van der Waals surface area contributed by atoms with Crippen molar-refractivity contribution in [1.29, 1.82) is 0 Å². The van der Waals surface area contributed by atoms with Crippen LogP contribution in [0.5, 0.6) is 0 Å². The third kappa shape index (κ3) is 5.99. The number of carbonyl (C=O) groups is 1. The van der Waals surface area contributed by atoms with Gasteiger partial charge in [-0.3, -0.25) is 0 Å². The van der Waals surface area contributed by atoms with Crippen LogP contribution in [0.25, 0.3) is 0 Å². The summed E-state index contributed by atoms with van der Waals surface area (Å²) in [5.41, 5.74) is -0.437. The molecule has 0 rings (SSSR count). The molecular formula is C5H9CuO2. The Bertz CT molecular complexity index is 93.1. The van der Waals surface area contributed by atoms with Gasteiger partial charge in [0.25, 0.3) is 0 Å². The predicted molar refractivity (Wildman–Crippen MR) is 26.2 cm³/mol. The Labute approximate surface area is 57.4 Å². The van der Waals surface area contributed by atoms with E-state index in [1.807, 2.05) is 0 Å². The van der Waals surface area contributed by atoms with Gasteiger partial charge in [0, 0.05) is 0 Å². The molecule has 0 aromatic heterocycles. The second-order valence-electron chi connectivity index (χ2n) is 2.42. The van der Waals surface area contributed by atoms with E-state index in [1.165, 1.54) is 0 Å². The third-order valence-electron chi connectivity index (χ3n) is 0.379. The molecule has 0 aromatic carbocycles. The van der Waals surface area contributed by atoms with Crippen molar-refractivity contribution in [2.24, 2.45) is 0 Å². The summed E-state index contributed by atoms with van der Waals surface area (Å²) < 4.78 is 4.60. The maximum absolute atomic E-state index is 10.0. The molecule has 0 unspecified atom stereocenters. The van der Waals surface area contributed by atoms with Crippen molar-refractivity contribution < 1.29 is 25.5 Å². The average Bonchev–Trinajstić information content (AvgIpc) is 1.21. The van der Waals surface area contributed by atoms with Gasteiger partial charge in [-0.15, -0.1) is 0 Å². The Morgan fingerprint density at radius 2 is 1.88 bits per heavy atom. The van der Waals surface area contributed by atoms with Crippen LogP contribution >= 0.6 is 0 Å². The number of rotatable bonds is 0. The Hall–Kier alpha value is -0.0105. The fourth-order valence-corrected chi connectivity index (χ4v) is 0.506. The molecule has 0 heterocycles. The first-order chi connectivity index (χ1) is 3.42. The number of hydrogen-bond donors (Lipinski definition) is 0. The number of hydrogen-bond acceptors (Lipinski definition) is 2. The minimum absolute atomic E-state index is 0.437. The zero-order valence-electron chi connectivity index (χ0n) is 5.12. The van der Waals surface area contributed by atoms with Crippen LogP contribution in [-0.2, 0) is 20.7 Å². The summed E-state index contributed by atoms with van der Waals surface area (Å²) in [7, 11) is 0. The average molecular weight is 165 g/mol. The quantitative estimate of drug-likeness (QED) is 0.507. The minimum atomic E-state index is -0.662. The fraction of sp³-hybridized carbons (Fsp3) is 0.800. The standard InChI is InChI=1S/C5H9O2.Cu/c1-5(2,3)7-4-6;/h1-3H3;. The summed E-state index contributed by atoms with van der Waals surface area (Å²) in [6, 6.07) is 0. The van der Waals surface area contributed by atoms with Crippen molar-refractivity contribution in [2.75, 3.05) is 0 Å². The molecule has 0 spiro atoms.